The summed E-state index contributed by atoms with van der Waals surface area (Å²) in [7, 11) is 0. The standard InChI is InChI=1S/C54H55BN4/c1-53(2,3)35-17-23-44-39(29-35)48-37(32-13-9-7-10-14-32)19-21-41-51(48)58(44)46-27-34(43-25-26-56-31-57-43)28-47-50(46)55(41)42-22-20-38(33-15-11-8-12-16-33)49-40-30-36(54(4,5)6)18-24-45(40)59(47)52(42)49/h17-33H,7-16H2,1-6H3. The van der Waals surface area contributed by atoms with Gasteiger partial charge in [0.25, 0.3) is 6.71 Å². The van der Waals surface area contributed by atoms with Crippen molar-refractivity contribution in [3.8, 4) is 22.6 Å². The van der Waals surface area contributed by atoms with Crippen LogP contribution in [0.4, 0.5) is 0 Å². The molecular formula is C54H55BN4. The van der Waals surface area contributed by atoms with E-state index in [1.807, 2.05) is 6.20 Å². The molecule has 0 radical (unpaired) electrons. The van der Waals surface area contributed by atoms with E-state index in [2.05, 4.69) is 135 Å². The van der Waals surface area contributed by atoms with Gasteiger partial charge in [-0.15, -0.1) is 0 Å². The molecule has 59 heavy (non-hydrogen) atoms. The summed E-state index contributed by atoms with van der Waals surface area (Å²) >= 11 is 0. The third-order valence-electron chi connectivity index (χ3n) is 15.2. The number of aromatic nitrogens is 4. The molecular weight excluding hydrogens is 715 g/mol. The highest BCUT2D eigenvalue weighted by Gasteiger charge is 2.43. The Balaban J connectivity index is 1.26. The molecule has 0 bridgehead atoms. The second-order valence-corrected chi connectivity index (χ2v) is 20.7. The van der Waals surface area contributed by atoms with Crippen LogP contribution in [0.3, 0.4) is 0 Å². The van der Waals surface area contributed by atoms with Gasteiger partial charge in [0.2, 0.25) is 0 Å². The van der Waals surface area contributed by atoms with Crippen LogP contribution in [-0.4, -0.2) is 25.8 Å². The van der Waals surface area contributed by atoms with E-state index in [1.165, 1.54) is 147 Å². The second-order valence-electron chi connectivity index (χ2n) is 20.7. The zero-order chi connectivity index (χ0) is 39.9. The Labute approximate surface area is 349 Å². The van der Waals surface area contributed by atoms with Crippen molar-refractivity contribution in [2.45, 2.75) is 128 Å². The zero-order valence-electron chi connectivity index (χ0n) is 35.8. The van der Waals surface area contributed by atoms with Crippen molar-refractivity contribution < 1.29 is 0 Å². The Bertz CT molecular complexity index is 2850. The third-order valence-corrected chi connectivity index (χ3v) is 15.2. The average Bonchev–Trinajstić information content (AvgIpc) is 3.78. The van der Waals surface area contributed by atoms with E-state index >= 15 is 0 Å². The SMILES string of the molecule is CC(C)(C)c1ccc2c(c1)c1c(C3CCCCC3)ccc3c1n2-c1cc(-c2ccncn2)cc2c1B3c1ccc(C3CCCCC3)c3c4cc(C(C)(C)C)ccc4n-2c13. The lowest BCUT2D eigenvalue weighted by Crippen LogP contribution is -2.59. The van der Waals surface area contributed by atoms with Crippen molar-refractivity contribution in [3.05, 3.63) is 114 Å². The maximum atomic E-state index is 4.90. The third kappa shape index (κ3) is 5.15. The molecule has 5 heteroatoms. The number of hydrogen-bond donors (Lipinski definition) is 0. The minimum atomic E-state index is 0.0469. The van der Waals surface area contributed by atoms with Crippen molar-refractivity contribution in [2.75, 3.05) is 0 Å². The number of rotatable bonds is 3. The van der Waals surface area contributed by atoms with Crippen molar-refractivity contribution in [1.82, 2.24) is 19.1 Å². The van der Waals surface area contributed by atoms with Crippen LogP contribution >= 0.6 is 0 Å². The van der Waals surface area contributed by atoms with Gasteiger partial charge in [-0.2, -0.15) is 0 Å². The summed E-state index contributed by atoms with van der Waals surface area (Å²) < 4.78 is 5.36. The first-order valence-electron chi connectivity index (χ1n) is 22.7. The zero-order valence-corrected chi connectivity index (χ0v) is 35.8. The molecule has 12 rings (SSSR count). The fourth-order valence-corrected chi connectivity index (χ4v) is 12.2. The molecule has 4 nitrogen and oxygen atoms in total. The van der Waals surface area contributed by atoms with Gasteiger partial charge in [-0.05, 0) is 129 Å². The quantitative estimate of drug-likeness (QED) is 0.168. The van der Waals surface area contributed by atoms with Crippen LogP contribution in [0.25, 0.3) is 66.2 Å². The van der Waals surface area contributed by atoms with Gasteiger partial charge in [-0.1, -0.05) is 116 Å². The summed E-state index contributed by atoms with van der Waals surface area (Å²) in [4.78, 5) is 9.25. The molecule has 8 aromatic rings. The van der Waals surface area contributed by atoms with Gasteiger partial charge >= 0.3 is 0 Å². The summed E-state index contributed by atoms with van der Waals surface area (Å²) in [5.74, 6) is 1.18. The molecule has 0 N–H and O–H groups in total. The van der Waals surface area contributed by atoms with Gasteiger partial charge in [-0.3, -0.25) is 0 Å². The maximum Gasteiger partial charge on any atom is 0.252 e. The first-order chi connectivity index (χ1) is 28.6. The topological polar surface area (TPSA) is 35.6 Å². The number of benzene rings is 5. The molecule has 2 fully saturated rings. The minimum Gasteiger partial charge on any atom is -0.310 e. The van der Waals surface area contributed by atoms with Gasteiger partial charge in [-0.25, -0.2) is 9.97 Å². The van der Waals surface area contributed by atoms with Crippen molar-refractivity contribution >= 4 is 66.7 Å². The van der Waals surface area contributed by atoms with Crippen LogP contribution in [0.15, 0.2) is 91.4 Å². The normalized spacial score (nSPS) is 17.2. The van der Waals surface area contributed by atoms with E-state index < -0.39 is 0 Å². The lowest BCUT2D eigenvalue weighted by Gasteiger charge is -2.35. The van der Waals surface area contributed by atoms with Crippen LogP contribution in [0.1, 0.15) is 140 Å². The van der Waals surface area contributed by atoms with E-state index in [0.29, 0.717) is 11.8 Å². The smallest absolute Gasteiger partial charge is 0.252 e. The lowest BCUT2D eigenvalue weighted by atomic mass is 9.34. The van der Waals surface area contributed by atoms with E-state index in [4.69, 9.17) is 4.98 Å². The Morgan fingerprint density at radius 3 is 1.49 bits per heavy atom. The first kappa shape index (κ1) is 35.8. The van der Waals surface area contributed by atoms with Gasteiger partial charge in [0.15, 0.2) is 0 Å². The molecule has 294 valence electrons. The summed E-state index contributed by atoms with van der Waals surface area (Å²) in [5, 5.41) is 5.80. The highest BCUT2D eigenvalue weighted by atomic mass is 15.0. The largest absolute Gasteiger partial charge is 0.310 e. The average molecular weight is 771 g/mol. The Kier molecular flexibility index (Phi) is 7.68. The molecule has 2 saturated carbocycles. The fourth-order valence-electron chi connectivity index (χ4n) is 12.2. The molecule has 3 aromatic heterocycles. The molecule has 0 saturated heterocycles. The molecule has 5 heterocycles. The molecule has 5 aromatic carbocycles. The van der Waals surface area contributed by atoms with Gasteiger partial charge < -0.3 is 9.13 Å². The van der Waals surface area contributed by atoms with E-state index in [0.717, 1.165) is 11.3 Å². The number of fused-ring (bicyclic) bond motifs is 10. The summed E-state index contributed by atoms with van der Waals surface area (Å²) in [6.45, 7) is 14.3. The highest BCUT2D eigenvalue weighted by molar-refractivity contribution is 7.00. The monoisotopic (exact) mass is 770 g/mol. The molecule has 0 amide bonds. The molecule has 0 atom stereocenters. The second kappa shape index (κ2) is 12.7. The summed E-state index contributed by atoms with van der Waals surface area (Å²) in [6, 6.07) is 32.1. The molecule has 2 aliphatic heterocycles. The van der Waals surface area contributed by atoms with E-state index in [-0.39, 0.29) is 17.5 Å². The van der Waals surface area contributed by atoms with Gasteiger partial charge in [0.05, 0.1) is 16.7 Å². The maximum absolute atomic E-state index is 4.90. The Hall–Kier alpha value is -5.16. The van der Waals surface area contributed by atoms with Crippen LogP contribution in [0.2, 0.25) is 0 Å². The number of hydrogen-bond acceptors (Lipinski definition) is 2. The molecule has 4 aliphatic rings. The molecule has 2 aliphatic carbocycles. The first-order valence-corrected chi connectivity index (χ1v) is 22.7. The van der Waals surface area contributed by atoms with Crippen molar-refractivity contribution in [2.24, 2.45) is 0 Å². The van der Waals surface area contributed by atoms with Gasteiger partial charge in [0.1, 0.15) is 6.33 Å². The Morgan fingerprint density at radius 2 is 1.05 bits per heavy atom. The summed E-state index contributed by atoms with van der Waals surface area (Å²) in [5.41, 5.74) is 20.5. The van der Waals surface area contributed by atoms with E-state index in [1.54, 1.807) is 17.5 Å². The van der Waals surface area contributed by atoms with Crippen LogP contribution < -0.4 is 16.4 Å². The fraction of sp³-hybridized carbons (Fsp3) is 0.370. The van der Waals surface area contributed by atoms with Crippen molar-refractivity contribution in [3.63, 3.8) is 0 Å². The van der Waals surface area contributed by atoms with Crippen molar-refractivity contribution in [1.29, 1.82) is 0 Å². The summed E-state index contributed by atoms with van der Waals surface area (Å²) in [6.07, 6.45) is 16.7. The Morgan fingerprint density at radius 1 is 0.559 bits per heavy atom. The van der Waals surface area contributed by atoms with E-state index in [9.17, 15) is 0 Å². The van der Waals surface area contributed by atoms with Gasteiger partial charge in [0, 0.05) is 55.7 Å². The minimum absolute atomic E-state index is 0.0469. The predicted octanol–water partition coefficient (Wildman–Crippen LogP) is 12.2. The highest BCUT2D eigenvalue weighted by Crippen LogP contribution is 2.47. The predicted molar refractivity (Wildman–Crippen MR) is 250 cm³/mol. The van der Waals surface area contributed by atoms with Crippen LogP contribution in [0.5, 0.6) is 0 Å². The molecule has 0 unspecified atom stereocenters. The van der Waals surface area contributed by atoms with Crippen LogP contribution in [0, 0.1) is 0 Å². The lowest BCUT2D eigenvalue weighted by molar-refractivity contribution is 0.445. The molecule has 0 spiro atoms. The van der Waals surface area contributed by atoms with Crippen LogP contribution in [-0.2, 0) is 10.8 Å². The number of nitrogens with zero attached hydrogens (tertiary/aromatic N) is 4.